The van der Waals surface area contributed by atoms with Gasteiger partial charge >= 0.3 is 12.1 Å². The van der Waals surface area contributed by atoms with Crippen molar-refractivity contribution in [2.24, 2.45) is 0 Å². The second-order valence-corrected chi connectivity index (χ2v) is 9.37. The Balaban J connectivity index is 2.03. The molecule has 0 saturated carbocycles. The Morgan fingerprint density at radius 2 is 1.88 bits per heavy atom. The van der Waals surface area contributed by atoms with E-state index in [4.69, 9.17) is 16.3 Å². The molecule has 1 unspecified atom stereocenters. The normalized spacial score (nSPS) is 18.5. The second-order valence-electron chi connectivity index (χ2n) is 9.01. The highest BCUT2D eigenvalue weighted by Gasteiger charge is 2.39. The lowest BCUT2D eigenvalue weighted by Crippen LogP contribution is -2.49. The van der Waals surface area contributed by atoms with Crippen LogP contribution in [0.4, 0.5) is 19.3 Å². The number of halogens is 3. The van der Waals surface area contributed by atoms with Gasteiger partial charge in [0, 0.05) is 30.9 Å². The van der Waals surface area contributed by atoms with Crippen molar-refractivity contribution in [1.29, 1.82) is 0 Å². The minimum atomic E-state index is -1.27. The Morgan fingerprint density at radius 1 is 1.25 bits per heavy atom. The number of carbonyl (C=O) groups is 2. The van der Waals surface area contributed by atoms with Gasteiger partial charge in [-0.15, -0.1) is 0 Å². The standard InChI is InChI=1S/C22H24ClF2N3O4/c1-21(2,3)32-20(31)27-22(4)5-6-28(11-22)17-15(19(29)30)10-26-18(23)16(17)12-7-13(24)9-14(25)8-12/h7-10H,5-6,11H2,1-4H3,(H,27,31)(H,29,30). The summed E-state index contributed by atoms with van der Waals surface area (Å²) in [5, 5.41) is 12.5. The number of carboxylic acids is 1. The molecule has 1 saturated heterocycles. The average molecular weight is 468 g/mol. The van der Waals surface area contributed by atoms with Gasteiger partial charge < -0.3 is 20.1 Å². The third kappa shape index (κ3) is 5.27. The molecule has 0 aliphatic carbocycles. The zero-order valence-corrected chi connectivity index (χ0v) is 18.9. The number of benzene rings is 1. The highest BCUT2D eigenvalue weighted by molar-refractivity contribution is 6.33. The van der Waals surface area contributed by atoms with Crippen LogP contribution in [0.1, 0.15) is 44.5 Å². The lowest BCUT2D eigenvalue weighted by molar-refractivity contribution is 0.0472. The molecule has 2 aromatic rings. The van der Waals surface area contributed by atoms with Crippen LogP contribution in [0.25, 0.3) is 11.1 Å². The molecule has 2 N–H and O–H groups in total. The number of aromatic nitrogens is 1. The number of carboxylic acid groups (broad SMARTS) is 1. The lowest BCUT2D eigenvalue weighted by atomic mass is 10.0. The van der Waals surface area contributed by atoms with Crippen LogP contribution in [0.5, 0.6) is 0 Å². The Hall–Kier alpha value is -2.94. The van der Waals surface area contributed by atoms with Crippen molar-refractivity contribution < 1.29 is 28.2 Å². The van der Waals surface area contributed by atoms with Crippen LogP contribution in [-0.4, -0.2) is 46.4 Å². The number of rotatable bonds is 4. The van der Waals surface area contributed by atoms with Crippen LogP contribution in [-0.2, 0) is 4.74 Å². The maximum Gasteiger partial charge on any atom is 0.408 e. The van der Waals surface area contributed by atoms with Gasteiger partial charge in [-0.05, 0) is 51.8 Å². The first-order chi connectivity index (χ1) is 14.8. The van der Waals surface area contributed by atoms with Gasteiger partial charge in [0.1, 0.15) is 28.0 Å². The van der Waals surface area contributed by atoms with Gasteiger partial charge in [-0.2, -0.15) is 0 Å². The second kappa shape index (κ2) is 8.54. The minimum Gasteiger partial charge on any atom is -0.478 e. The first kappa shape index (κ1) is 23.7. The Morgan fingerprint density at radius 3 is 2.44 bits per heavy atom. The van der Waals surface area contributed by atoms with E-state index < -0.39 is 34.8 Å². The van der Waals surface area contributed by atoms with E-state index in [0.29, 0.717) is 19.0 Å². The van der Waals surface area contributed by atoms with Gasteiger partial charge in [0.05, 0.1) is 11.2 Å². The summed E-state index contributed by atoms with van der Waals surface area (Å²) in [6, 6.07) is 2.84. The summed E-state index contributed by atoms with van der Waals surface area (Å²) in [5.41, 5.74) is -1.24. The number of nitrogens with zero attached hydrogens (tertiary/aromatic N) is 2. The van der Waals surface area contributed by atoms with E-state index in [-0.39, 0.29) is 34.1 Å². The van der Waals surface area contributed by atoms with Crippen molar-refractivity contribution in [1.82, 2.24) is 10.3 Å². The quantitative estimate of drug-likeness (QED) is 0.623. The number of hydrogen-bond acceptors (Lipinski definition) is 5. The van der Waals surface area contributed by atoms with E-state index in [2.05, 4.69) is 10.3 Å². The molecule has 1 atom stereocenters. The first-order valence-corrected chi connectivity index (χ1v) is 10.3. The maximum atomic E-state index is 13.9. The van der Waals surface area contributed by atoms with Crippen LogP contribution >= 0.6 is 11.6 Å². The number of nitrogens with one attached hydrogen (secondary N) is 1. The molecule has 0 radical (unpaired) electrons. The largest absolute Gasteiger partial charge is 0.478 e. The van der Waals surface area contributed by atoms with Gasteiger partial charge in [0.15, 0.2) is 0 Å². The Labute approximate surface area is 189 Å². The summed E-state index contributed by atoms with van der Waals surface area (Å²) >= 11 is 6.29. The maximum absolute atomic E-state index is 13.9. The molecule has 1 aromatic carbocycles. The van der Waals surface area contributed by atoms with E-state index in [1.54, 1.807) is 25.7 Å². The minimum absolute atomic E-state index is 0.0619. The molecule has 0 bridgehead atoms. The number of ether oxygens (including phenoxy) is 1. The van der Waals surface area contributed by atoms with Gasteiger partial charge in [-0.1, -0.05) is 11.6 Å². The fourth-order valence-corrected chi connectivity index (χ4v) is 3.97. The van der Waals surface area contributed by atoms with Gasteiger partial charge in [-0.3, -0.25) is 0 Å². The van der Waals surface area contributed by atoms with Crippen LogP contribution in [0, 0.1) is 11.6 Å². The van der Waals surface area contributed by atoms with E-state index in [1.165, 1.54) is 0 Å². The van der Waals surface area contributed by atoms with Crippen molar-refractivity contribution in [2.45, 2.75) is 45.3 Å². The van der Waals surface area contributed by atoms with Crippen LogP contribution in [0.3, 0.4) is 0 Å². The zero-order valence-electron chi connectivity index (χ0n) is 18.1. The molecular formula is C22H24ClF2N3O4. The van der Waals surface area contributed by atoms with E-state index in [0.717, 1.165) is 18.3 Å². The zero-order chi connectivity index (χ0) is 23.8. The van der Waals surface area contributed by atoms with Crippen LogP contribution in [0.15, 0.2) is 24.4 Å². The number of aromatic carboxylic acids is 1. The molecule has 1 fully saturated rings. The summed E-state index contributed by atoms with van der Waals surface area (Å²) in [7, 11) is 0. The molecule has 0 spiro atoms. The van der Waals surface area contributed by atoms with Gasteiger partial charge in [-0.25, -0.2) is 23.4 Å². The van der Waals surface area contributed by atoms with E-state index in [9.17, 15) is 23.5 Å². The number of pyridine rings is 1. The predicted octanol–water partition coefficient (Wildman–Crippen LogP) is 4.87. The molecular weight excluding hydrogens is 444 g/mol. The molecule has 1 aliphatic heterocycles. The third-order valence-electron chi connectivity index (χ3n) is 4.98. The molecule has 1 aliphatic rings. The number of hydrogen-bond donors (Lipinski definition) is 2. The Bertz CT molecular complexity index is 1050. The van der Waals surface area contributed by atoms with Crippen LogP contribution in [0.2, 0.25) is 5.15 Å². The molecule has 1 aromatic heterocycles. The summed E-state index contributed by atoms with van der Waals surface area (Å²) < 4.78 is 33.2. The number of alkyl carbamates (subject to hydrolysis) is 1. The van der Waals surface area contributed by atoms with Crippen molar-refractivity contribution in [2.75, 3.05) is 18.0 Å². The predicted molar refractivity (Wildman–Crippen MR) is 116 cm³/mol. The molecule has 1 amide bonds. The average Bonchev–Trinajstić information content (AvgIpc) is 2.99. The number of carbonyl (C=O) groups excluding carboxylic acids is 1. The lowest BCUT2D eigenvalue weighted by Gasteiger charge is -2.30. The summed E-state index contributed by atoms with van der Waals surface area (Å²) in [6.45, 7) is 7.63. The summed E-state index contributed by atoms with van der Waals surface area (Å²) in [6.07, 6.45) is 0.985. The third-order valence-corrected chi connectivity index (χ3v) is 5.27. The van der Waals surface area contributed by atoms with Crippen molar-refractivity contribution in [3.8, 4) is 11.1 Å². The van der Waals surface area contributed by atoms with Gasteiger partial charge in [0.25, 0.3) is 0 Å². The summed E-state index contributed by atoms with van der Waals surface area (Å²) in [5.74, 6) is -2.93. The van der Waals surface area contributed by atoms with Crippen molar-refractivity contribution in [3.63, 3.8) is 0 Å². The highest BCUT2D eigenvalue weighted by Crippen LogP contribution is 2.41. The topological polar surface area (TPSA) is 91.8 Å². The molecule has 7 nitrogen and oxygen atoms in total. The Kier molecular flexibility index (Phi) is 6.33. The van der Waals surface area contributed by atoms with Crippen molar-refractivity contribution in [3.05, 3.63) is 46.7 Å². The summed E-state index contributed by atoms with van der Waals surface area (Å²) in [4.78, 5) is 29.9. The molecule has 10 heteroatoms. The highest BCUT2D eigenvalue weighted by atomic mass is 35.5. The molecule has 2 heterocycles. The van der Waals surface area contributed by atoms with E-state index in [1.807, 2.05) is 6.92 Å². The fourth-order valence-electron chi connectivity index (χ4n) is 3.72. The molecule has 172 valence electrons. The molecule has 32 heavy (non-hydrogen) atoms. The molecule has 3 rings (SSSR count). The number of amides is 1. The SMILES string of the molecule is CC1(NC(=O)OC(C)(C)C)CCN(c2c(C(=O)O)cnc(Cl)c2-c2cc(F)cc(F)c2)C1. The van der Waals surface area contributed by atoms with Gasteiger partial charge in [0.2, 0.25) is 0 Å². The van der Waals surface area contributed by atoms with Crippen molar-refractivity contribution >= 4 is 29.4 Å². The van der Waals surface area contributed by atoms with E-state index >= 15 is 0 Å². The van der Waals surface area contributed by atoms with Crippen LogP contribution < -0.4 is 10.2 Å². The smallest absolute Gasteiger partial charge is 0.408 e. The fraction of sp³-hybridized carbons (Fsp3) is 0.409. The monoisotopic (exact) mass is 467 g/mol. The first-order valence-electron chi connectivity index (χ1n) is 9.92. The number of anilines is 1.